The lowest BCUT2D eigenvalue weighted by molar-refractivity contribution is -0.179. The molecule has 1 aliphatic heterocycles. The van der Waals surface area contributed by atoms with Crippen molar-refractivity contribution < 1.29 is 28.6 Å². The molecule has 2 heterocycles. The van der Waals surface area contributed by atoms with Crippen LogP contribution in [0.5, 0.6) is 0 Å². The molecule has 4 rings (SSSR count). The lowest BCUT2D eigenvalue weighted by atomic mass is 9.75. The zero-order valence-corrected chi connectivity index (χ0v) is 30.8. The fourth-order valence-corrected chi connectivity index (χ4v) is 13.0. The Labute approximate surface area is 283 Å². The van der Waals surface area contributed by atoms with Crippen LogP contribution in [0.15, 0.2) is 60.3 Å². The molecule has 5 atom stereocenters. The standard InChI is InChI=1S/C38H56N2O6Si/c1-24(2)31-18-17-28(9)20-33(31)44-34-21-32(37(42)45-34)36(41)35-30(16-13-19-39-35)23-40(22-29-14-11-10-12-15-29)38(43)46-47(25(3)4,26(5)6)27(7)8/h10-16,19,21,24-28,31,33-34,36,41H,17-18,20,22-23H2,1-9H3/t28-,31+,33-,34-,36-/m1/s1. The van der Waals surface area contributed by atoms with Gasteiger partial charge in [-0.1, -0.05) is 105 Å². The Morgan fingerprint density at radius 2 is 1.64 bits per heavy atom. The van der Waals surface area contributed by atoms with Gasteiger partial charge in [0.15, 0.2) is 0 Å². The summed E-state index contributed by atoms with van der Waals surface area (Å²) in [5, 5.41) is 11.6. The summed E-state index contributed by atoms with van der Waals surface area (Å²) in [4.78, 5) is 33.5. The number of carbonyl (C=O) groups excluding carboxylic acids is 2. The summed E-state index contributed by atoms with van der Waals surface area (Å²) in [6, 6.07) is 13.4. The first-order valence-corrected chi connectivity index (χ1v) is 19.6. The molecule has 1 aliphatic carbocycles. The van der Waals surface area contributed by atoms with Crippen LogP contribution in [0.1, 0.15) is 105 Å². The van der Waals surface area contributed by atoms with Gasteiger partial charge in [-0.05, 0) is 70.5 Å². The number of amides is 1. The van der Waals surface area contributed by atoms with E-state index < -0.39 is 26.7 Å². The first-order valence-electron chi connectivity index (χ1n) is 17.5. The van der Waals surface area contributed by atoms with Crippen molar-refractivity contribution in [1.82, 2.24) is 9.88 Å². The molecule has 1 aromatic heterocycles. The van der Waals surface area contributed by atoms with Gasteiger partial charge >= 0.3 is 12.1 Å². The number of hydrogen-bond donors (Lipinski definition) is 1. The number of benzene rings is 1. The van der Waals surface area contributed by atoms with Crippen molar-refractivity contribution in [1.29, 1.82) is 0 Å². The van der Waals surface area contributed by atoms with Crippen molar-refractivity contribution in [3.05, 3.63) is 77.1 Å². The minimum Gasteiger partial charge on any atom is -0.503 e. The van der Waals surface area contributed by atoms with Gasteiger partial charge in [-0.2, -0.15) is 0 Å². The molecule has 0 unspecified atom stereocenters. The minimum atomic E-state index is -2.54. The van der Waals surface area contributed by atoms with Gasteiger partial charge in [0, 0.05) is 12.7 Å². The molecule has 0 bridgehead atoms. The molecule has 2 aromatic rings. The molecule has 9 heteroatoms. The molecule has 47 heavy (non-hydrogen) atoms. The van der Waals surface area contributed by atoms with Crippen LogP contribution in [-0.4, -0.2) is 47.8 Å². The third kappa shape index (κ3) is 8.53. The van der Waals surface area contributed by atoms with Crippen LogP contribution in [0.25, 0.3) is 0 Å². The lowest BCUT2D eigenvalue weighted by Crippen LogP contribution is -2.51. The largest absolute Gasteiger partial charge is 0.503 e. The number of pyridine rings is 1. The monoisotopic (exact) mass is 664 g/mol. The van der Waals surface area contributed by atoms with E-state index in [1.807, 2.05) is 36.4 Å². The van der Waals surface area contributed by atoms with E-state index in [0.717, 1.165) is 18.4 Å². The van der Waals surface area contributed by atoms with Crippen molar-refractivity contribution in [2.75, 3.05) is 0 Å². The van der Waals surface area contributed by atoms with E-state index in [4.69, 9.17) is 13.9 Å². The van der Waals surface area contributed by atoms with E-state index in [0.29, 0.717) is 35.6 Å². The Morgan fingerprint density at radius 3 is 2.26 bits per heavy atom. The maximum absolute atomic E-state index is 14.2. The number of hydrogen-bond acceptors (Lipinski definition) is 7. The second-order valence-corrected chi connectivity index (χ2v) is 20.2. The number of ether oxygens (including phenoxy) is 2. The maximum Gasteiger partial charge on any atom is 0.396 e. The second-order valence-electron chi connectivity index (χ2n) is 14.9. The molecular formula is C38H56N2O6Si. The van der Waals surface area contributed by atoms with Crippen LogP contribution in [-0.2, 0) is 31.8 Å². The highest BCUT2D eigenvalue weighted by Crippen LogP contribution is 2.43. The summed E-state index contributed by atoms with van der Waals surface area (Å²) in [6.07, 6.45) is 3.73. The molecule has 2 aliphatic rings. The molecule has 8 nitrogen and oxygen atoms in total. The normalized spacial score (nSPS) is 22.5. The van der Waals surface area contributed by atoms with Gasteiger partial charge in [-0.3, -0.25) is 4.98 Å². The van der Waals surface area contributed by atoms with E-state index in [1.54, 1.807) is 23.2 Å². The summed E-state index contributed by atoms with van der Waals surface area (Å²) >= 11 is 0. The number of nitrogens with zero attached hydrogens (tertiary/aromatic N) is 2. The van der Waals surface area contributed by atoms with Crippen molar-refractivity contribution >= 4 is 20.4 Å². The highest BCUT2D eigenvalue weighted by atomic mass is 28.4. The summed E-state index contributed by atoms with van der Waals surface area (Å²) in [5.41, 5.74) is 2.66. The van der Waals surface area contributed by atoms with Gasteiger partial charge in [-0.25, -0.2) is 9.59 Å². The van der Waals surface area contributed by atoms with Gasteiger partial charge in [0.25, 0.3) is 8.32 Å². The zero-order chi connectivity index (χ0) is 34.5. The average Bonchev–Trinajstić information content (AvgIpc) is 3.38. The van der Waals surface area contributed by atoms with E-state index in [9.17, 15) is 14.7 Å². The van der Waals surface area contributed by atoms with Gasteiger partial charge in [0.1, 0.15) is 6.10 Å². The molecule has 0 saturated heterocycles. The van der Waals surface area contributed by atoms with Crippen LogP contribution in [0.3, 0.4) is 0 Å². The van der Waals surface area contributed by atoms with Crippen LogP contribution in [0, 0.1) is 17.8 Å². The highest BCUT2D eigenvalue weighted by Gasteiger charge is 2.49. The number of carbonyl (C=O) groups is 2. The van der Waals surface area contributed by atoms with Crippen LogP contribution in [0.2, 0.25) is 16.6 Å². The van der Waals surface area contributed by atoms with E-state index in [2.05, 4.69) is 67.3 Å². The molecule has 0 spiro atoms. The molecule has 0 radical (unpaired) electrons. The third-order valence-electron chi connectivity index (χ3n) is 10.3. The second kappa shape index (κ2) is 15.9. The van der Waals surface area contributed by atoms with Crippen molar-refractivity contribution in [3.8, 4) is 0 Å². The molecule has 1 N–H and O–H groups in total. The predicted molar refractivity (Wildman–Crippen MR) is 187 cm³/mol. The Kier molecular flexibility index (Phi) is 12.5. The van der Waals surface area contributed by atoms with Crippen molar-refractivity contribution in [3.63, 3.8) is 0 Å². The number of cyclic esters (lactones) is 1. The van der Waals surface area contributed by atoms with Crippen LogP contribution >= 0.6 is 0 Å². The molecule has 1 saturated carbocycles. The summed E-state index contributed by atoms with van der Waals surface area (Å²) in [7, 11) is -2.54. The molecule has 1 fully saturated rings. The number of aliphatic hydroxyl groups is 1. The fraction of sp³-hybridized carbons (Fsp3) is 0.605. The number of aromatic nitrogens is 1. The van der Waals surface area contributed by atoms with Gasteiger partial charge in [-0.15, -0.1) is 0 Å². The topological polar surface area (TPSA) is 98.2 Å². The Balaban J connectivity index is 1.61. The van der Waals surface area contributed by atoms with E-state index >= 15 is 0 Å². The number of esters is 1. The third-order valence-corrected chi connectivity index (χ3v) is 16.3. The molecule has 258 valence electrons. The first kappa shape index (κ1) is 36.8. The minimum absolute atomic E-state index is 0.0227. The quantitative estimate of drug-likeness (QED) is 0.169. The van der Waals surface area contributed by atoms with Gasteiger partial charge in [0.05, 0.1) is 23.9 Å². The van der Waals surface area contributed by atoms with E-state index in [1.165, 1.54) is 6.42 Å². The molecule has 1 aromatic carbocycles. The van der Waals surface area contributed by atoms with Gasteiger partial charge in [0.2, 0.25) is 6.29 Å². The summed E-state index contributed by atoms with van der Waals surface area (Å²) in [5.74, 6) is 0.756. The number of rotatable bonds is 13. The molecular weight excluding hydrogens is 609 g/mol. The van der Waals surface area contributed by atoms with Gasteiger partial charge < -0.3 is 23.9 Å². The van der Waals surface area contributed by atoms with Crippen molar-refractivity contribution in [2.45, 2.75) is 130 Å². The average molecular weight is 665 g/mol. The van der Waals surface area contributed by atoms with Crippen LogP contribution < -0.4 is 0 Å². The SMILES string of the molecule is CC(C)[C@@H]1CC[C@@H](C)C[C@H]1O[C@H]1C=C([C@@H](O)c2ncccc2CN(Cc2ccccc2)C(=O)O[Si](C(C)C)(C(C)C)C(C)C)C(=O)O1. The highest BCUT2D eigenvalue weighted by molar-refractivity contribution is 6.78. The Bertz CT molecular complexity index is 1360. The smallest absolute Gasteiger partial charge is 0.396 e. The van der Waals surface area contributed by atoms with E-state index in [-0.39, 0.29) is 40.9 Å². The van der Waals surface area contributed by atoms with Crippen molar-refractivity contribution in [2.24, 2.45) is 17.8 Å². The summed E-state index contributed by atoms with van der Waals surface area (Å²) in [6.45, 7) is 20.0. The Morgan fingerprint density at radius 1 is 0.979 bits per heavy atom. The number of aliphatic hydroxyl groups excluding tert-OH is 1. The Hall–Kier alpha value is -3.01. The zero-order valence-electron chi connectivity index (χ0n) is 29.8. The maximum atomic E-state index is 14.2. The fourth-order valence-electron chi connectivity index (χ4n) is 7.88. The predicted octanol–water partition coefficient (Wildman–Crippen LogP) is 8.72. The van der Waals surface area contributed by atoms with Crippen LogP contribution in [0.4, 0.5) is 4.79 Å². The molecule has 1 amide bonds. The lowest BCUT2D eigenvalue weighted by Gasteiger charge is -2.42. The summed E-state index contributed by atoms with van der Waals surface area (Å²) < 4.78 is 18.6. The first-order chi connectivity index (χ1) is 22.2.